The highest BCUT2D eigenvalue weighted by molar-refractivity contribution is 6.50. The van der Waals surface area contributed by atoms with E-state index in [9.17, 15) is 19.7 Å². The zero-order valence-electron chi connectivity index (χ0n) is 19.4. The molecule has 35 heavy (non-hydrogen) atoms. The van der Waals surface area contributed by atoms with Crippen LogP contribution in [0, 0.1) is 10.1 Å². The molecule has 0 aliphatic carbocycles. The van der Waals surface area contributed by atoms with Crippen LogP contribution in [0.25, 0.3) is 22.0 Å². The van der Waals surface area contributed by atoms with Gasteiger partial charge >= 0.3 is 5.69 Å². The molecule has 5 rings (SSSR count). The highest BCUT2D eigenvalue weighted by Gasteiger charge is 2.39. The number of para-hydroxylation sites is 2. The van der Waals surface area contributed by atoms with Crippen molar-refractivity contribution in [1.29, 1.82) is 0 Å². The van der Waals surface area contributed by atoms with Gasteiger partial charge in [-0.25, -0.2) is 0 Å². The van der Waals surface area contributed by atoms with Crippen LogP contribution in [0.1, 0.15) is 25.0 Å². The number of nitro groups is 1. The molecule has 2 aromatic carbocycles. The topological polar surface area (TPSA) is 122 Å². The normalized spacial score (nSPS) is 19.5. The van der Waals surface area contributed by atoms with Crippen LogP contribution in [0.2, 0.25) is 0 Å². The molecule has 1 aromatic heterocycles. The van der Waals surface area contributed by atoms with Gasteiger partial charge in [0.25, 0.3) is 11.8 Å². The Labute approximate surface area is 200 Å². The summed E-state index contributed by atoms with van der Waals surface area (Å²) >= 11 is 0. The number of nitro benzene ring substituents is 1. The SMILES string of the molecule is Cn1cc(C2=C(c3cccc(OCC4COC(C)(C)O4)c3[N+](=O)[O-])C(=O)NC2=O)c2ccccc21. The number of fused-ring (bicyclic) bond motifs is 1. The van der Waals surface area contributed by atoms with E-state index >= 15 is 0 Å². The van der Waals surface area contributed by atoms with Crippen LogP contribution in [0.4, 0.5) is 5.69 Å². The van der Waals surface area contributed by atoms with Gasteiger partial charge in [-0.05, 0) is 32.0 Å². The third-order valence-electron chi connectivity index (χ3n) is 6.04. The highest BCUT2D eigenvalue weighted by atomic mass is 16.7. The first-order valence-corrected chi connectivity index (χ1v) is 11.0. The molecule has 1 unspecified atom stereocenters. The van der Waals surface area contributed by atoms with Crippen molar-refractivity contribution in [3.05, 3.63) is 69.9 Å². The Morgan fingerprint density at radius 3 is 2.51 bits per heavy atom. The van der Waals surface area contributed by atoms with Gasteiger partial charge in [0, 0.05) is 29.7 Å². The Bertz CT molecular complexity index is 1420. The Hall–Kier alpha value is -4.02. The van der Waals surface area contributed by atoms with Crippen LogP contribution in [0.5, 0.6) is 5.75 Å². The summed E-state index contributed by atoms with van der Waals surface area (Å²) in [6, 6.07) is 11.9. The Kier molecular flexibility index (Phi) is 5.42. The lowest BCUT2D eigenvalue weighted by Gasteiger charge is -2.17. The maximum Gasteiger partial charge on any atom is 0.318 e. The Morgan fingerprint density at radius 2 is 1.83 bits per heavy atom. The number of imide groups is 1. The van der Waals surface area contributed by atoms with Gasteiger partial charge in [-0.3, -0.25) is 25.0 Å². The van der Waals surface area contributed by atoms with Gasteiger partial charge in [0.05, 0.1) is 28.2 Å². The molecule has 10 nitrogen and oxygen atoms in total. The van der Waals surface area contributed by atoms with E-state index in [0.29, 0.717) is 5.56 Å². The lowest BCUT2D eigenvalue weighted by Crippen LogP contribution is -2.25. The molecule has 2 aliphatic rings. The summed E-state index contributed by atoms with van der Waals surface area (Å²) in [5.41, 5.74) is 0.993. The minimum absolute atomic E-state index is 0.00250. The van der Waals surface area contributed by atoms with Crippen molar-refractivity contribution >= 4 is 39.6 Å². The molecule has 3 heterocycles. The van der Waals surface area contributed by atoms with Gasteiger partial charge in [-0.2, -0.15) is 0 Å². The van der Waals surface area contributed by atoms with Crippen molar-refractivity contribution in [2.24, 2.45) is 7.05 Å². The second-order valence-corrected chi connectivity index (χ2v) is 8.88. The summed E-state index contributed by atoms with van der Waals surface area (Å²) in [5, 5.41) is 15.2. The van der Waals surface area contributed by atoms with Crippen molar-refractivity contribution in [1.82, 2.24) is 9.88 Å². The van der Waals surface area contributed by atoms with Crippen LogP contribution >= 0.6 is 0 Å². The highest BCUT2D eigenvalue weighted by Crippen LogP contribution is 2.42. The molecular formula is C25H23N3O7. The Balaban J connectivity index is 1.62. The molecule has 0 bridgehead atoms. The van der Waals surface area contributed by atoms with Gasteiger partial charge in [0.15, 0.2) is 11.5 Å². The van der Waals surface area contributed by atoms with Gasteiger partial charge < -0.3 is 18.8 Å². The maximum atomic E-state index is 12.9. The number of benzene rings is 2. The standard InChI is InChI=1S/C25H23N3O7/c1-25(2)34-13-14(35-25)12-33-19-10-6-8-16(22(19)28(31)32)20-21(24(30)26-23(20)29)17-11-27(3)18-9-5-4-7-15(17)18/h4-11,14H,12-13H2,1-3H3,(H,26,29,30). The van der Waals surface area contributed by atoms with Crippen molar-refractivity contribution in [3.8, 4) is 5.75 Å². The van der Waals surface area contributed by atoms with Gasteiger partial charge in [-0.15, -0.1) is 0 Å². The molecular weight excluding hydrogens is 454 g/mol. The smallest absolute Gasteiger partial charge is 0.318 e. The third kappa shape index (κ3) is 3.96. The molecule has 1 saturated heterocycles. The van der Waals surface area contributed by atoms with E-state index in [1.807, 2.05) is 35.9 Å². The van der Waals surface area contributed by atoms with Gasteiger partial charge in [0.2, 0.25) is 0 Å². The lowest BCUT2D eigenvalue weighted by atomic mass is 9.94. The van der Waals surface area contributed by atoms with Crippen molar-refractivity contribution in [2.75, 3.05) is 13.2 Å². The minimum Gasteiger partial charge on any atom is -0.484 e. The number of hydrogen-bond donors (Lipinski definition) is 1. The maximum absolute atomic E-state index is 12.9. The summed E-state index contributed by atoms with van der Waals surface area (Å²) in [6.07, 6.45) is 1.33. The summed E-state index contributed by atoms with van der Waals surface area (Å²) in [6.45, 7) is 3.85. The van der Waals surface area contributed by atoms with Crippen molar-refractivity contribution in [2.45, 2.75) is 25.7 Å². The summed E-state index contributed by atoms with van der Waals surface area (Å²) < 4.78 is 18.8. The number of hydrogen-bond acceptors (Lipinski definition) is 7. The van der Waals surface area contributed by atoms with E-state index in [1.54, 1.807) is 26.1 Å². The number of aromatic nitrogens is 1. The van der Waals surface area contributed by atoms with Crippen LogP contribution in [0.15, 0.2) is 48.7 Å². The van der Waals surface area contributed by atoms with Crippen molar-refractivity contribution in [3.63, 3.8) is 0 Å². The second-order valence-electron chi connectivity index (χ2n) is 8.88. The molecule has 0 spiro atoms. The molecule has 0 saturated carbocycles. The molecule has 180 valence electrons. The third-order valence-corrected chi connectivity index (χ3v) is 6.04. The van der Waals surface area contributed by atoms with Crippen molar-refractivity contribution < 1.29 is 28.7 Å². The monoisotopic (exact) mass is 477 g/mol. The average molecular weight is 477 g/mol. The zero-order chi connectivity index (χ0) is 24.9. The number of carbonyl (C=O) groups excluding carboxylic acids is 2. The molecule has 2 aliphatic heterocycles. The predicted molar refractivity (Wildman–Crippen MR) is 126 cm³/mol. The fourth-order valence-electron chi connectivity index (χ4n) is 4.57. The first-order chi connectivity index (χ1) is 16.7. The van der Waals surface area contributed by atoms with Crippen LogP contribution in [0.3, 0.4) is 0 Å². The zero-order valence-corrected chi connectivity index (χ0v) is 19.4. The number of nitrogens with zero attached hydrogens (tertiary/aromatic N) is 2. The molecule has 10 heteroatoms. The molecule has 2 amide bonds. The van der Waals surface area contributed by atoms with E-state index in [4.69, 9.17) is 14.2 Å². The first-order valence-electron chi connectivity index (χ1n) is 11.0. The van der Waals surface area contributed by atoms with Crippen LogP contribution < -0.4 is 10.1 Å². The number of nitrogens with one attached hydrogen (secondary N) is 1. The van der Waals surface area contributed by atoms with E-state index in [1.165, 1.54) is 12.1 Å². The average Bonchev–Trinajstić information content (AvgIpc) is 3.43. The quantitative estimate of drug-likeness (QED) is 0.329. The number of amides is 2. The molecule has 3 aromatic rings. The minimum atomic E-state index is -0.762. The first kappa shape index (κ1) is 22.8. The van der Waals surface area contributed by atoms with E-state index < -0.39 is 34.3 Å². The number of carbonyl (C=O) groups is 2. The molecule has 1 fully saturated rings. The molecule has 0 radical (unpaired) electrons. The number of rotatable bonds is 6. The van der Waals surface area contributed by atoms with Crippen LogP contribution in [-0.2, 0) is 26.1 Å². The van der Waals surface area contributed by atoms with Gasteiger partial charge in [-0.1, -0.05) is 24.3 Å². The molecule has 1 N–H and O–H groups in total. The fourth-order valence-corrected chi connectivity index (χ4v) is 4.57. The predicted octanol–water partition coefficient (Wildman–Crippen LogP) is 3.18. The summed E-state index contributed by atoms with van der Waals surface area (Å²) in [7, 11) is 1.83. The number of ether oxygens (including phenoxy) is 3. The van der Waals surface area contributed by atoms with Crippen LogP contribution in [-0.4, -0.2) is 46.4 Å². The fraction of sp³-hybridized carbons (Fsp3) is 0.280. The van der Waals surface area contributed by atoms with E-state index in [0.717, 1.165) is 10.9 Å². The van der Waals surface area contributed by atoms with E-state index in [2.05, 4.69) is 5.32 Å². The summed E-state index contributed by atoms with van der Waals surface area (Å²) in [5.74, 6) is -2.10. The largest absolute Gasteiger partial charge is 0.484 e. The number of aryl methyl sites for hydroxylation is 1. The van der Waals surface area contributed by atoms with Gasteiger partial charge in [0.1, 0.15) is 12.7 Å². The molecule has 1 atom stereocenters. The van der Waals surface area contributed by atoms with E-state index in [-0.39, 0.29) is 35.7 Å². The lowest BCUT2D eigenvalue weighted by molar-refractivity contribution is -0.386. The second kappa shape index (κ2) is 8.33. The summed E-state index contributed by atoms with van der Waals surface area (Å²) in [4.78, 5) is 37.4. The Morgan fingerprint density at radius 1 is 1.11 bits per heavy atom.